The average Bonchev–Trinajstić information content (AvgIpc) is 3.76. The summed E-state index contributed by atoms with van der Waals surface area (Å²) >= 11 is 0. The van der Waals surface area contributed by atoms with Crippen LogP contribution in [0.5, 0.6) is 0 Å². The molecule has 0 aliphatic heterocycles. The van der Waals surface area contributed by atoms with Crippen molar-refractivity contribution in [3.8, 4) is 84.2 Å². The van der Waals surface area contributed by atoms with E-state index in [1.165, 1.54) is 16.5 Å². The highest BCUT2D eigenvalue weighted by atomic mass is 15.3. The van der Waals surface area contributed by atoms with E-state index < -0.39 is 0 Å². The third-order valence-electron chi connectivity index (χ3n) is 11.5. The highest BCUT2D eigenvalue weighted by molar-refractivity contribution is 6.17. The Morgan fingerprint density at radius 2 is 0.754 bits per heavy atom. The first-order valence-corrected chi connectivity index (χ1v) is 20.6. The Morgan fingerprint density at radius 1 is 0.328 bits per heavy atom. The van der Waals surface area contributed by atoms with Gasteiger partial charge in [-0.3, -0.25) is 0 Å². The Kier molecular flexibility index (Phi) is 9.14. The summed E-state index contributed by atoms with van der Waals surface area (Å²) < 4.78 is 2.12. The molecule has 0 fully saturated rings. The first kappa shape index (κ1) is 35.9. The summed E-state index contributed by atoms with van der Waals surface area (Å²) in [5.74, 6) is 0.675. The van der Waals surface area contributed by atoms with Crippen molar-refractivity contribution in [2.45, 2.75) is 0 Å². The average molecular weight is 779 g/mol. The van der Waals surface area contributed by atoms with Crippen molar-refractivity contribution in [1.82, 2.24) is 19.7 Å². The topological polar surface area (TPSA) is 43.6 Å². The van der Waals surface area contributed by atoms with Gasteiger partial charge in [-0.05, 0) is 63.0 Å². The second-order valence-electron chi connectivity index (χ2n) is 15.3. The lowest BCUT2D eigenvalue weighted by Gasteiger charge is -2.12. The van der Waals surface area contributed by atoms with Crippen LogP contribution >= 0.6 is 0 Å². The summed E-state index contributed by atoms with van der Waals surface area (Å²) in [6, 6.07) is 80.9. The molecule has 61 heavy (non-hydrogen) atoms. The van der Waals surface area contributed by atoms with E-state index >= 15 is 0 Å². The van der Waals surface area contributed by atoms with E-state index in [4.69, 9.17) is 15.1 Å². The van der Waals surface area contributed by atoms with Crippen molar-refractivity contribution in [3.05, 3.63) is 231 Å². The zero-order chi connectivity index (χ0) is 40.5. The van der Waals surface area contributed by atoms with Crippen LogP contribution in [-0.2, 0) is 0 Å². The largest absolute Gasteiger partial charge is 0.232 e. The molecule has 0 aliphatic rings. The van der Waals surface area contributed by atoms with Crippen LogP contribution in [0.2, 0.25) is 0 Å². The zero-order valence-electron chi connectivity index (χ0n) is 33.2. The lowest BCUT2D eigenvalue weighted by Crippen LogP contribution is -1.99. The van der Waals surface area contributed by atoms with Crippen molar-refractivity contribution in [1.29, 1.82) is 0 Å². The molecule has 4 nitrogen and oxygen atoms in total. The fourth-order valence-corrected chi connectivity index (χ4v) is 8.37. The van der Waals surface area contributed by atoms with Crippen LogP contribution in [0.15, 0.2) is 231 Å². The number of fused-ring (bicyclic) bond motifs is 3. The van der Waals surface area contributed by atoms with Crippen LogP contribution in [0.25, 0.3) is 106 Å². The normalized spacial score (nSPS) is 11.3. The van der Waals surface area contributed by atoms with Gasteiger partial charge >= 0.3 is 0 Å². The van der Waals surface area contributed by atoms with Gasteiger partial charge in [0.05, 0.1) is 22.6 Å². The molecule has 9 aromatic carbocycles. The summed E-state index contributed by atoms with van der Waals surface area (Å²) in [4.78, 5) is 10.4. The molecule has 2 heterocycles. The van der Waals surface area contributed by atoms with Crippen molar-refractivity contribution in [2.24, 2.45) is 0 Å². The van der Waals surface area contributed by atoms with E-state index in [-0.39, 0.29) is 0 Å². The molecule has 11 aromatic rings. The van der Waals surface area contributed by atoms with Gasteiger partial charge in [0, 0.05) is 33.0 Å². The summed E-state index contributed by atoms with van der Waals surface area (Å²) in [7, 11) is 0. The van der Waals surface area contributed by atoms with Crippen LogP contribution in [0.4, 0.5) is 0 Å². The molecule has 2 aromatic heterocycles. The van der Waals surface area contributed by atoms with Crippen molar-refractivity contribution in [2.75, 3.05) is 0 Å². The van der Waals surface area contributed by atoms with E-state index in [2.05, 4.69) is 223 Å². The fraction of sp³-hybridized carbons (Fsp3) is 0. The number of hydrogen-bond acceptors (Lipinski definition) is 3. The molecule has 0 bridgehead atoms. The SMILES string of the molecule is c1ccc(-c2ccc(-c3cc(-c4ccc(-n5nc(-c6ccccc6)c6c(-c7ccccc7)cc7ccccc7c65)cc4)nc(-c4ccc(-c5ccccc5)cc4)n3)cc2)cc1. The molecular weight excluding hydrogens is 741 g/mol. The van der Waals surface area contributed by atoms with Gasteiger partial charge in [0.15, 0.2) is 5.82 Å². The Bertz CT molecular complexity index is 3190. The summed E-state index contributed by atoms with van der Waals surface area (Å²) in [5.41, 5.74) is 15.7. The fourth-order valence-electron chi connectivity index (χ4n) is 8.37. The van der Waals surface area contributed by atoms with Crippen molar-refractivity contribution < 1.29 is 0 Å². The summed E-state index contributed by atoms with van der Waals surface area (Å²) in [6.45, 7) is 0. The molecular formula is C57H38N4. The minimum Gasteiger partial charge on any atom is -0.232 e. The van der Waals surface area contributed by atoms with Gasteiger partial charge in [0.2, 0.25) is 0 Å². The molecule has 286 valence electrons. The van der Waals surface area contributed by atoms with Crippen LogP contribution < -0.4 is 0 Å². The quantitative estimate of drug-likeness (QED) is 0.154. The van der Waals surface area contributed by atoms with Gasteiger partial charge in [-0.15, -0.1) is 0 Å². The van der Waals surface area contributed by atoms with Crippen molar-refractivity contribution in [3.63, 3.8) is 0 Å². The molecule has 11 rings (SSSR count). The molecule has 0 N–H and O–H groups in total. The van der Waals surface area contributed by atoms with E-state index in [0.717, 1.165) is 83.6 Å². The minimum absolute atomic E-state index is 0.675. The van der Waals surface area contributed by atoms with Gasteiger partial charge in [-0.2, -0.15) is 5.10 Å². The molecule has 0 amide bonds. The van der Waals surface area contributed by atoms with Gasteiger partial charge in [0.1, 0.15) is 5.69 Å². The van der Waals surface area contributed by atoms with Crippen LogP contribution in [0.3, 0.4) is 0 Å². The predicted molar refractivity (Wildman–Crippen MR) is 252 cm³/mol. The summed E-state index contributed by atoms with van der Waals surface area (Å²) in [5, 5.41) is 8.87. The minimum atomic E-state index is 0.675. The first-order valence-electron chi connectivity index (χ1n) is 20.6. The molecule has 0 radical (unpaired) electrons. The smallest absolute Gasteiger partial charge is 0.160 e. The molecule has 0 atom stereocenters. The van der Waals surface area contributed by atoms with E-state index in [0.29, 0.717) is 5.82 Å². The lowest BCUT2D eigenvalue weighted by atomic mass is 9.94. The Balaban J connectivity index is 1.04. The standard InChI is InChI=1S/C57H38N4/c1-5-15-39(16-6-1)41-25-29-44(30-26-41)52-38-53(59-57(58-52)47-31-27-42(28-32-47)40-17-7-2-8-18-40)45-33-35-49(36-34-45)61-56-50-24-14-13-23-48(50)37-51(43-19-9-3-10-20-43)54(56)55(60-61)46-21-11-4-12-22-46/h1-38H. The molecule has 0 saturated heterocycles. The molecule has 4 heteroatoms. The van der Waals surface area contributed by atoms with Gasteiger partial charge in [-0.1, -0.05) is 206 Å². The highest BCUT2D eigenvalue weighted by Gasteiger charge is 2.21. The van der Waals surface area contributed by atoms with E-state index in [1.807, 2.05) is 12.1 Å². The third kappa shape index (κ3) is 6.86. The molecule has 0 aliphatic carbocycles. The van der Waals surface area contributed by atoms with Gasteiger partial charge in [0.25, 0.3) is 0 Å². The number of aromatic nitrogens is 4. The number of hydrogen-bond donors (Lipinski definition) is 0. The number of benzene rings is 9. The van der Waals surface area contributed by atoms with Crippen LogP contribution in [0, 0.1) is 0 Å². The Morgan fingerprint density at radius 3 is 1.31 bits per heavy atom. The zero-order valence-corrected chi connectivity index (χ0v) is 33.2. The lowest BCUT2D eigenvalue weighted by molar-refractivity contribution is 0.918. The predicted octanol–water partition coefficient (Wildman–Crippen LogP) is 14.6. The second kappa shape index (κ2) is 15.5. The molecule has 0 unspecified atom stereocenters. The Labute approximate surface area is 354 Å². The maximum atomic E-state index is 5.43. The first-order chi connectivity index (χ1) is 30.2. The maximum Gasteiger partial charge on any atom is 0.160 e. The number of nitrogens with zero attached hydrogens (tertiary/aromatic N) is 4. The summed E-state index contributed by atoms with van der Waals surface area (Å²) in [6.07, 6.45) is 0. The van der Waals surface area contributed by atoms with E-state index in [9.17, 15) is 0 Å². The van der Waals surface area contributed by atoms with Gasteiger partial charge < -0.3 is 0 Å². The number of rotatable bonds is 8. The highest BCUT2D eigenvalue weighted by Crippen LogP contribution is 2.42. The molecule has 0 saturated carbocycles. The van der Waals surface area contributed by atoms with Crippen LogP contribution in [-0.4, -0.2) is 19.7 Å². The van der Waals surface area contributed by atoms with Crippen molar-refractivity contribution >= 4 is 21.7 Å². The van der Waals surface area contributed by atoms with Gasteiger partial charge in [-0.25, -0.2) is 14.6 Å². The molecule has 0 spiro atoms. The van der Waals surface area contributed by atoms with E-state index in [1.54, 1.807) is 0 Å². The monoisotopic (exact) mass is 778 g/mol. The maximum absolute atomic E-state index is 5.43. The van der Waals surface area contributed by atoms with Crippen LogP contribution in [0.1, 0.15) is 0 Å². The Hall–Kier alpha value is -8.21. The second-order valence-corrected chi connectivity index (χ2v) is 15.3. The third-order valence-corrected chi connectivity index (χ3v) is 11.5.